The van der Waals surface area contributed by atoms with E-state index in [9.17, 15) is 4.79 Å². The van der Waals surface area contributed by atoms with Crippen molar-refractivity contribution in [3.63, 3.8) is 0 Å². The Morgan fingerprint density at radius 2 is 2.24 bits per heavy atom. The van der Waals surface area contributed by atoms with Crippen LogP contribution in [0.5, 0.6) is 0 Å². The minimum atomic E-state index is -0.131. The molecule has 0 amide bonds. The lowest BCUT2D eigenvalue weighted by molar-refractivity contribution is -0.128. The van der Waals surface area contributed by atoms with Gasteiger partial charge in [0.15, 0.2) is 5.78 Å². The summed E-state index contributed by atoms with van der Waals surface area (Å²) in [4.78, 5) is 12.5. The van der Waals surface area contributed by atoms with Gasteiger partial charge < -0.3 is 0 Å². The molecule has 0 saturated heterocycles. The maximum Gasteiger partial charge on any atom is 0.162 e. The van der Waals surface area contributed by atoms with Crippen LogP contribution >= 0.6 is 0 Å². The molecule has 0 unspecified atom stereocenters. The third-order valence-electron chi connectivity index (χ3n) is 6.95. The second kappa shape index (κ2) is 4.69. The fourth-order valence-corrected chi connectivity index (χ4v) is 5.98. The van der Waals surface area contributed by atoms with Crippen molar-refractivity contribution < 1.29 is 4.79 Å². The van der Waals surface area contributed by atoms with E-state index in [4.69, 9.17) is 0 Å². The molecular weight excluding hydrogens is 256 g/mol. The number of hydrogen-bond acceptors (Lipinski definition) is 1. The van der Waals surface area contributed by atoms with Crippen LogP contribution in [0.25, 0.3) is 0 Å². The highest BCUT2D eigenvalue weighted by Gasteiger charge is 2.56. The van der Waals surface area contributed by atoms with Crippen LogP contribution in [0.3, 0.4) is 0 Å². The van der Waals surface area contributed by atoms with Gasteiger partial charge in [0, 0.05) is 5.41 Å². The number of hydrogen-bond donors (Lipinski definition) is 0. The molecule has 2 fully saturated rings. The van der Waals surface area contributed by atoms with Gasteiger partial charge in [-0.15, -0.1) is 0 Å². The zero-order valence-electron chi connectivity index (χ0n) is 13.1. The van der Waals surface area contributed by atoms with Gasteiger partial charge in [0.1, 0.15) is 0 Å². The van der Waals surface area contributed by atoms with E-state index in [0.717, 1.165) is 18.8 Å². The largest absolute Gasteiger partial charge is 0.294 e. The van der Waals surface area contributed by atoms with Crippen molar-refractivity contribution in [1.29, 1.82) is 0 Å². The van der Waals surface area contributed by atoms with Gasteiger partial charge >= 0.3 is 0 Å². The molecule has 112 valence electrons. The Morgan fingerprint density at radius 1 is 1.38 bits per heavy atom. The van der Waals surface area contributed by atoms with Crippen molar-refractivity contribution in [2.24, 2.45) is 29.1 Å². The van der Waals surface area contributed by atoms with Crippen LogP contribution in [0.15, 0.2) is 36.0 Å². The van der Waals surface area contributed by atoms with Crippen LogP contribution < -0.4 is 0 Å². The molecule has 5 atom stereocenters. The first-order chi connectivity index (χ1) is 10.2. The van der Waals surface area contributed by atoms with Crippen molar-refractivity contribution in [3.05, 3.63) is 36.0 Å². The maximum atomic E-state index is 12.5. The van der Waals surface area contributed by atoms with Gasteiger partial charge in [-0.2, -0.15) is 0 Å². The van der Waals surface area contributed by atoms with E-state index in [1.54, 1.807) is 5.57 Å². The fourth-order valence-electron chi connectivity index (χ4n) is 5.98. The van der Waals surface area contributed by atoms with Gasteiger partial charge in [0.05, 0.1) is 0 Å². The molecule has 4 rings (SSSR count). The van der Waals surface area contributed by atoms with Gasteiger partial charge in [0.25, 0.3) is 0 Å². The normalized spacial score (nSPS) is 44.9. The van der Waals surface area contributed by atoms with Gasteiger partial charge in [-0.1, -0.05) is 36.8 Å². The summed E-state index contributed by atoms with van der Waals surface area (Å²) in [6.07, 6.45) is 15.0. The third-order valence-corrected chi connectivity index (χ3v) is 6.95. The number of carbonyl (C=O) groups is 1. The van der Waals surface area contributed by atoms with Crippen LogP contribution in [-0.4, -0.2) is 5.78 Å². The molecular formula is C20H26O. The first kappa shape index (κ1) is 13.5. The molecule has 1 nitrogen and oxygen atoms in total. The van der Waals surface area contributed by atoms with E-state index in [1.165, 1.54) is 37.7 Å². The molecule has 0 aliphatic heterocycles. The number of ketones is 1. The van der Waals surface area contributed by atoms with Gasteiger partial charge in [-0.3, -0.25) is 4.79 Å². The first-order valence-electron chi connectivity index (χ1n) is 8.76. The number of carbonyl (C=O) groups excluding carboxylic acids is 1. The lowest BCUT2D eigenvalue weighted by Gasteiger charge is -2.53. The minimum absolute atomic E-state index is 0.131. The van der Waals surface area contributed by atoms with E-state index in [2.05, 4.69) is 25.7 Å². The Balaban J connectivity index is 1.74. The summed E-state index contributed by atoms with van der Waals surface area (Å²) < 4.78 is 0. The van der Waals surface area contributed by atoms with Crippen molar-refractivity contribution >= 4 is 5.78 Å². The zero-order valence-corrected chi connectivity index (χ0v) is 13.1. The second-order valence-electron chi connectivity index (χ2n) is 7.64. The summed E-state index contributed by atoms with van der Waals surface area (Å²) in [5.41, 5.74) is 2.96. The Kier molecular flexibility index (Phi) is 3.03. The Morgan fingerprint density at radius 3 is 3.05 bits per heavy atom. The molecule has 0 N–H and O–H groups in total. The third kappa shape index (κ3) is 1.73. The quantitative estimate of drug-likeness (QED) is 0.628. The van der Waals surface area contributed by atoms with Crippen LogP contribution in [-0.2, 0) is 4.79 Å². The van der Waals surface area contributed by atoms with E-state index in [1.807, 2.05) is 6.08 Å². The molecule has 0 aromatic carbocycles. The van der Waals surface area contributed by atoms with E-state index in [0.29, 0.717) is 23.5 Å². The predicted octanol–water partition coefficient (Wildman–Crippen LogP) is 4.85. The molecule has 0 radical (unpaired) electrons. The fraction of sp³-hybridized carbons (Fsp3) is 0.650. The second-order valence-corrected chi connectivity index (χ2v) is 7.64. The molecule has 0 aromatic heterocycles. The molecule has 2 saturated carbocycles. The Labute approximate surface area is 128 Å². The smallest absolute Gasteiger partial charge is 0.162 e. The van der Waals surface area contributed by atoms with Crippen LogP contribution in [0.1, 0.15) is 51.9 Å². The highest BCUT2D eigenvalue weighted by atomic mass is 16.1. The highest BCUT2D eigenvalue weighted by Crippen LogP contribution is 2.61. The number of rotatable bonds is 1. The summed E-state index contributed by atoms with van der Waals surface area (Å²) in [7, 11) is 0. The van der Waals surface area contributed by atoms with Crippen molar-refractivity contribution in [1.82, 2.24) is 0 Å². The summed E-state index contributed by atoms with van der Waals surface area (Å²) in [6, 6.07) is 0. The van der Waals surface area contributed by atoms with Crippen molar-refractivity contribution in [2.75, 3.05) is 0 Å². The standard InChI is InChI=1S/C20H26O/c1-3-20-12-13(2)19-15-7-5-4-6-14(15)8-9-16(19)17(20)10-11-18(20)21/h6,10-11,15-17,19H,2-5,7-9,12H2,1H3/t15-,16-,17-,19+,20-/m0/s1. The highest BCUT2D eigenvalue weighted by molar-refractivity contribution is 5.98. The van der Waals surface area contributed by atoms with E-state index < -0.39 is 0 Å². The molecule has 0 spiro atoms. The SMILES string of the molecule is C=C1C[C@]2(CC)C(=O)C=C[C@H]2[C@@H]2CCC3=CCCC[C@@H]3[C@@H]12. The lowest BCUT2D eigenvalue weighted by atomic mass is 9.50. The average molecular weight is 282 g/mol. The molecule has 0 heterocycles. The number of fused-ring (bicyclic) bond motifs is 5. The first-order valence-corrected chi connectivity index (χ1v) is 8.76. The maximum absolute atomic E-state index is 12.5. The van der Waals surface area contributed by atoms with Gasteiger partial charge in [0.2, 0.25) is 0 Å². The number of allylic oxidation sites excluding steroid dienone is 5. The molecule has 4 aliphatic carbocycles. The van der Waals surface area contributed by atoms with Crippen LogP contribution in [0.4, 0.5) is 0 Å². The average Bonchev–Trinajstić information content (AvgIpc) is 2.84. The monoisotopic (exact) mass is 282 g/mol. The summed E-state index contributed by atoms with van der Waals surface area (Å²) in [6.45, 7) is 6.66. The predicted molar refractivity (Wildman–Crippen MR) is 85.8 cm³/mol. The van der Waals surface area contributed by atoms with E-state index in [-0.39, 0.29) is 5.41 Å². The zero-order chi connectivity index (χ0) is 14.6. The Bertz CT molecular complexity index is 552. The molecule has 0 bridgehead atoms. The minimum Gasteiger partial charge on any atom is -0.294 e. The van der Waals surface area contributed by atoms with Crippen LogP contribution in [0, 0.1) is 29.1 Å². The lowest BCUT2D eigenvalue weighted by Crippen LogP contribution is -2.48. The Hall–Kier alpha value is -1.11. The van der Waals surface area contributed by atoms with E-state index >= 15 is 0 Å². The topological polar surface area (TPSA) is 17.1 Å². The van der Waals surface area contributed by atoms with Crippen LogP contribution in [0.2, 0.25) is 0 Å². The summed E-state index contributed by atoms with van der Waals surface area (Å²) in [5, 5.41) is 0. The molecule has 4 aliphatic rings. The molecule has 1 heteroatoms. The molecule has 0 aromatic rings. The van der Waals surface area contributed by atoms with Gasteiger partial charge in [-0.05, 0) is 74.7 Å². The molecule has 21 heavy (non-hydrogen) atoms. The summed E-state index contributed by atoms with van der Waals surface area (Å²) in [5.74, 6) is 2.90. The van der Waals surface area contributed by atoms with Gasteiger partial charge in [-0.25, -0.2) is 0 Å². The summed E-state index contributed by atoms with van der Waals surface area (Å²) >= 11 is 0. The van der Waals surface area contributed by atoms with Crippen molar-refractivity contribution in [2.45, 2.75) is 51.9 Å². The van der Waals surface area contributed by atoms with Crippen molar-refractivity contribution in [3.8, 4) is 0 Å².